The summed E-state index contributed by atoms with van der Waals surface area (Å²) >= 11 is 0. The third-order valence-electron chi connectivity index (χ3n) is 5.26. The molecule has 1 aliphatic carbocycles. The molecule has 1 atom stereocenters. The van der Waals surface area contributed by atoms with Gasteiger partial charge in [-0.1, -0.05) is 56.3 Å². The van der Waals surface area contributed by atoms with Crippen molar-refractivity contribution in [1.29, 1.82) is 0 Å². The van der Waals surface area contributed by atoms with Gasteiger partial charge < -0.3 is 15.4 Å². The Hall–Kier alpha value is -2.40. The minimum atomic E-state index is -0.532. The number of carbonyl (C=O) groups is 2. The molecule has 0 heterocycles. The van der Waals surface area contributed by atoms with Crippen LogP contribution in [0.25, 0.3) is 10.8 Å². The number of benzene rings is 2. The largest absolute Gasteiger partial charge is 0.381 e. The van der Waals surface area contributed by atoms with E-state index < -0.39 is 6.04 Å². The smallest absolute Gasteiger partial charge is 0.242 e. The maximum atomic E-state index is 12.5. The van der Waals surface area contributed by atoms with Crippen LogP contribution < -0.4 is 10.6 Å². The number of fused-ring (bicyclic) bond motifs is 1. The number of rotatable bonds is 11. The van der Waals surface area contributed by atoms with Gasteiger partial charge in [0.2, 0.25) is 11.8 Å². The van der Waals surface area contributed by atoms with Crippen molar-refractivity contribution in [2.24, 2.45) is 11.8 Å². The van der Waals surface area contributed by atoms with E-state index in [1.807, 2.05) is 50.2 Å². The van der Waals surface area contributed by atoms with Crippen LogP contribution in [0.3, 0.4) is 0 Å². The predicted octanol–water partition coefficient (Wildman–Crippen LogP) is 3.46. The lowest BCUT2D eigenvalue weighted by molar-refractivity contribution is -0.129. The maximum Gasteiger partial charge on any atom is 0.242 e. The Balaban J connectivity index is 1.44. The van der Waals surface area contributed by atoms with Gasteiger partial charge >= 0.3 is 0 Å². The van der Waals surface area contributed by atoms with Crippen molar-refractivity contribution < 1.29 is 14.3 Å². The standard InChI is InChI=1S/C24H32N2O3/c1-17(2)23(24(28)25-12-5-13-29-16-18-8-9-18)26-22(27)15-19-10-11-20-6-3-4-7-21(20)14-19/h3-4,6-7,10-11,14,17-18,23H,5,8-9,12-13,15-16H2,1-2H3,(H,25,28)(H,26,27). The fraction of sp³-hybridized carbons (Fsp3) is 0.500. The molecule has 5 nitrogen and oxygen atoms in total. The topological polar surface area (TPSA) is 67.4 Å². The molecule has 1 fully saturated rings. The fourth-order valence-electron chi connectivity index (χ4n) is 3.32. The molecule has 2 N–H and O–H groups in total. The third kappa shape index (κ3) is 6.86. The van der Waals surface area contributed by atoms with Gasteiger partial charge in [-0.05, 0) is 47.4 Å². The van der Waals surface area contributed by atoms with Crippen LogP contribution in [0.15, 0.2) is 42.5 Å². The fourth-order valence-corrected chi connectivity index (χ4v) is 3.32. The zero-order valence-corrected chi connectivity index (χ0v) is 17.4. The lowest BCUT2D eigenvalue weighted by Crippen LogP contribution is -2.50. The predicted molar refractivity (Wildman–Crippen MR) is 116 cm³/mol. The van der Waals surface area contributed by atoms with E-state index in [0.717, 1.165) is 35.3 Å². The first kappa shape index (κ1) is 21.3. The summed E-state index contributed by atoms with van der Waals surface area (Å²) in [5, 5.41) is 8.09. The number of nitrogens with one attached hydrogen (secondary N) is 2. The van der Waals surface area contributed by atoms with E-state index in [4.69, 9.17) is 4.74 Å². The monoisotopic (exact) mass is 396 g/mol. The van der Waals surface area contributed by atoms with Gasteiger partial charge in [-0.3, -0.25) is 9.59 Å². The lowest BCUT2D eigenvalue weighted by atomic mass is 10.0. The molecule has 5 heteroatoms. The number of hydrogen-bond acceptors (Lipinski definition) is 3. The van der Waals surface area contributed by atoms with Crippen molar-refractivity contribution in [2.75, 3.05) is 19.8 Å². The first-order chi connectivity index (χ1) is 14.0. The van der Waals surface area contributed by atoms with Crippen molar-refractivity contribution in [1.82, 2.24) is 10.6 Å². The van der Waals surface area contributed by atoms with E-state index in [-0.39, 0.29) is 24.2 Å². The van der Waals surface area contributed by atoms with Crippen LogP contribution in [0.1, 0.15) is 38.7 Å². The molecule has 0 aliphatic heterocycles. The average molecular weight is 397 g/mol. The SMILES string of the molecule is CC(C)C(NC(=O)Cc1ccc2ccccc2c1)C(=O)NCCCOCC1CC1. The van der Waals surface area contributed by atoms with Crippen LogP contribution >= 0.6 is 0 Å². The first-order valence-corrected chi connectivity index (χ1v) is 10.7. The number of ether oxygens (including phenoxy) is 1. The van der Waals surface area contributed by atoms with Crippen LogP contribution in [0.5, 0.6) is 0 Å². The second-order valence-corrected chi connectivity index (χ2v) is 8.31. The summed E-state index contributed by atoms with van der Waals surface area (Å²) in [4.78, 5) is 25.1. The Morgan fingerprint density at radius 2 is 1.86 bits per heavy atom. The van der Waals surface area contributed by atoms with Gasteiger partial charge in [0.05, 0.1) is 6.42 Å². The van der Waals surface area contributed by atoms with Crippen molar-refractivity contribution in [3.8, 4) is 0 Å². The second kappa shape index (κ2) is 10.4. The van der Waals surface area contributed by atoms with Crippen molar-refractivity contribution >= 4 is 22.6 Å². The molecule has 2 aromatic rings. The van der Waals surface area contributed by atoms with Crippen molar-refractivity contribution in [2.45, 2.75) is 45.6 Å². The summed E-state index contributed by atoms with van der Waals surface area (Å²) in [5.74, 6) is 0.505. The van der Waals surface area contributed by atoms with E-state index in [0.29, 0.717) is 13.2 Å². The number of hydrogen-bond donors (Lipinski definition) is 2. The Bertz CT molecular complexity index is 830. The summed E-state index contributed by atoms with van der Waals surface area (Å²) in [6.45, 7) is 5.96. The van der Waals surface area contributed by atoms with Gasteiger partial charge in [-0.2, -0.15) is 0 Å². The van der Waals surface area contributed by atoms with E-state index in [1.165, 1.54) is 12.8 Å². The minimum absolute atomic E-state index is 0.0154. The average Bonchev–Trinajstić information content (AvgIpc) is 3.52. The molecular formula is C24H32N2O3. The molecular weight excluding hydrogens is 364 g/mol. The Labute approximate surface area is 173 Å². The van der Waals surface area contributed by atoms with Crippen LogP contribution in [0, 0.1) is 11.8 Å². The quantitative estimate of drug-likeness (QED) is 0.572. The van der Waals surface area contributed by atoms with Crippen LogP contribution in [0.4, 0.5) is 0 Å². The molecule has 0 radical (unpaired) electrons. The molecule has 0 bridgehead atoms. The van der Waals surface area contributed by atoms with Crippen LogP contribution in [0.2, 0.25) is 0 Å². The van der Waals surface area contributed by atoms with Gasteiger partial charge in [0.15, 0.2) is 0 Å². The van der Waals surface area contributed by atoms with Gasteiger partial charge in [-0.25, -0.2) is 0 Å². The molecule has 0 aromatic heterocycles. The molecule has 0 saturated heterocycles. The van der Waals surface area contributed by atoms with E-state index in [1.54, 1.807) is 0 Å². The van der Waals surface area contributed by atoms with Gasteiger partial charge in [0.25, 0.3) is 0 Å². The summed E-state index contributed by atoms with van der Waals surface area (Å²) in [6, 6.07) is 13.6. The second-order valence-electron chi connectivity index (χ2n) is 8.31. The zero-order valence-electron chi connectivity index (χ0n) is 17.4. The summed E-state index contributed by atoms with van der Waals surface area (Å²) in [6.07, 6.45) is 3.61. The first-order valence-electron chi connectivity index (χ1n) is 10.7. The molecule has 2 aromatic carbocycles. The molecule has 3 rings (SSSR count). The van der Waals surface area contributed by atoms with Gasteiger partial charge in [-0.15, -0.1) is 0 Å². The van der Waals surface area contributed by atoms with E-state index in [2.05, 4.69) is 16.7 Å². The molecule has 0 spiro atoms. The number of amides is 2. The molecule has 156 valence electrons. The highest BCUT2D eigenvalue weighted by Crippen LogP contribution is 2.28. The highest BCUT2D eigenvalue weighted by Gasteiger charge is 2.24. The summed E-state index contributed by atoms with van der Waals surface area (Å²) < 4.78 is 5.59. The molecule has 2 amide bonds. The Kier molecular flexibility index (Phi) is 7.64. The highest BCUT2D eigenvalue weighted by molar-refractivity contribution is 5.89. The van der Waals surface area contributed by atoms with Gasteiger partial charge in [0.1, 0.15) is 6.04 Å². The lowest BCUT2D eigenvalue weighted by Gasteiger charge is -2.22. The summed E-state index contributed by atoms with van der Waals surface area (Å²) in [5.41, 5.74) is 0.942. The molecule has 1 aliphatic rings. The van der Waals surface area contributed by atoms with Crippen LogP contribution in [-0.2, 0) is 20.7 Å². The van der Waals surface area contributed by atoms with Gasteiger partial charge in [0, 0.05) is 19.8 Å². The van der Waals surface area contributed by atoms with Crippen molar-refractivity contribution in [3.05, 3.63) is 48.0 Å². The Morgan fingerprint density at radius 3 is 2.59 bits per heavy atom. The minimum Gasteiger partial charge on any atom is -0.381 e. The van der Waals surface area contributed by atoms with E-state index in [9.17, 15) is 9.59 Å². The molecule has 29 heavy (non-hydrogen) atoms. The zero-order chi connectivity index (χ0) is 20.6. The Morgan fingerprint density at radius 1 is 1.10 bits per heavy atom. The third-order valence-corrected chi connectivity index (χ3v) is 5.26. The molecule has 1 saturated carbocycles. The number of carbonyl (C=O) groups excluding carboxylic acids is 2. The normalized spacial score (nSPS) is 14.7. The van der Waals surface area contributed by atoms with Crippen molar-refractivity contribution in [3.63, 3.8) is 0 Å². The highest BCUT2D eigenvalue weighted by atomic mass is 16.5. The maximum absolute atomic E-state index is 12.5. The van der Waals surface area contributed by atoms with Crippen LogP contribution in [-0.4, -0.2) is 37.6 Å². The summed E-state index contributed by atoms with van der Waals surface area (Å²) in [7, 11) is 0. The van der Waals surface area contributed by atoms with E-state index >= 15 is 0 Å². The molecule has 1 unspecified atom stereocenters.